The second-order valence-corrected chi connectivity index (χ2v) is 1.98. The van der Waals surface area contributed by atoms with Crippen molar-refractivity contribution < 1.29 is 9.59 Å². The maximum Gasteiger partial charge on any atom is 0.299 e. The third kappa shape index (κ3) is 1.97. The molecule has 0 rings (SSSR count). The number of hydrogen-bond donors (Lipinski definition) is 1. The van der Waals surface area contributed by atoms with Gasteiger partial charge in [0.05, 0.1) is 0 Å². The van der Waals surface area contributed by atoms with Gasteiger partial charge in [0.2, 0.25) is 5.78 Å². The Kier molecular flexibility index (Phi) is 2.54. The van der Waals surface area contributed by atoms with E-state index in [0.29, 0.717) is 0 Å². The van der Waals surface area contributed by atoms with Crippen molar-refractivity contribution in [3.05, 3.63) is 0 Å². The second-order valence-electron chi connectivity index (χ2n) is 1.38. The molecule has 0 saturated carbocycles. The van der Waals surface area contributed by atoms with Gasteiger partial charge in [-0.1, -0.05) is 12.8 Å². The van der Waals surface area contributed by atoms with Gasteiger partial charge in [-0.2, -0.15) is 0 Å². The number of Topliss-reactive ketones (excluding diaryl/α,β-unsaturated/α-hetero) is 1. The standard InChI is InChI=1S/C4H7NO2S/c1-3(6)4(7)5(2)8/h8H,1-2H3. The molecule has 0 radical (unpaired) electrons. The molecular weight excluding hydrogens is 126 g/mol. The number of ketones is 1. The van der Waals surface area contributed by atoms with Crippen molar-refractivity contribution in [2.24, 2.45) is 0 Å². The molecule has 0 aromatic heterocycles. The van der Waals surface area contributed by atoms with Gasteiger partial charge in [0.15, 0.2) is 0 Å². The normalized spacial score (nSPS) is 8.38. The fraction of sp³-hybridized carbons (Fsp3) is 0.500. The van der Waals surface area contributed by atoms with Gasteiger partial charge in [-0.05, 0) is 0 Å². The van der Waals surface area contributed by atoms with Crippen molar-refractivity contribution in [1.82, 2.24) is 4.31 Å². The molecule has 0 atom stereocenters. The van der Waals surface area contributed by atoms with E-state index in [1.807, 2.05) is 0 Å². The maximum atomic E-state index is 10.3. The molecule has 0 aliphatic carbocycles. The van der Waals surface area contributed by atoms with Gasteiger partial charge in [-0.3, -0.25) is 13.9 Å². The van der Waals surface area contributed by atoms with E-state index in [-0.39, 0.29) is 0 Å². The quantitative estimate of drug-likeness (QED) is 0.400. The summed E-state index contributed by atoms with van der Waals surface area (Å²) in [5.41, 5.74) is 0. The highest BCUT2D eigenvalue weighted by Gasteiger charge is 2.08. The van der Waals surface area contributed by atoms with E-state index in [9.17, 15) is 9.59 Å². The van der Waals surface area contributed by atoms with Gasteiger partial charge in [-0.25, -0.2) is 0 Å². The lowest BCUT2D eigenvalue weighted by Gasteiger charge is -2.02. The van der Waals surface area contributed by atoms with Crippen LogP contribution in [-0.2, 0) is 9.59 Å². The van der Waals surface area contributed by atoms with Crippen molar-refractivity contribution in [1.29, 1.82) is 0 Å². The lowest BCUT2D eigenvalue weighted by Crippen LogP contribution is -2.23. The molecule has 0 fully saturated rings. The fourth-order valence-electron chi connectivity index (χ4n) is 0.228. The monoisotopic (exact) mass is 133 g/mol. The van der Waals surface area contributed by atoms with E-state index >= 15 is 0 Å². The third-order valence-electron chi connectivity index (χ3n) is 0.595. The van der Waals surface area contributed by atoms with Gasteiger partial charge < -0.3 is 0 Å². The minimum atomic E-state index is -0.590. The summed E-state index contributed by atoms with van der Waals surface area (Å²) in [4.78, 5) is 20.5. The van der Waals surface area contributed by atoms with Gasteiger partial charge in [0.1, 0.15) is 0 Å². The predicted molar refractivity (Wildman–Crippen MR) is 32.4 cm³/mol. The van der Waals surface area contributed by atoms with Crippen LogP contribution >= 0.6 is 12.8 Å². The van der Waals surface area contributed by atoms with E-state index in [1.54, 1.807) is 0 Å². The molecule has 0 unspecified atom stereocenters. The first-order valence-corrected chi connectivity index (χ1v) is 2.43. The van der Waals surface area contributed by atoms with Crippen molar-refractivity contribution in [3.63, 3.8) is 0 Å². The molecule has 3 nitrogen and oxygen atoms in total. The Morgan fingerprint density at radius 1 is 1.50 bits per heavy atom. The highest BCUT2D eigenvalue weighted by atomic mass is 32.1. The zero-order valence-electron chi connectivity index (χ0n) is 4.71. The summed E-state index contributed by atoms with van der Waals surface area (Å²) >= 11 is 3.60. The van der Waals surface area contributed by atoms with Crippen LogP contribution in [0.15, 0.2) is 0 Å². The average Bonchev–Trinajstić information content (AvgIpc) is 1.64. The minimum absolute atomic E-state index is 0.498. The molecule has 4 heteroatoms. The van der Waals surface area contributed by atoms with Crippen LogP contribution in [0.1, 0.15) is 6.92 Å². The molecule has 46 valence electrons. The van der Waals surface area contributed by atoms with Gasteiger partial charge in [0.25, 0.3) is 5.91 Å². The van der Waals surface area contributed by atoms with Crippen LogP contribution in [-0.4, -0.2) is 23.0 Å². The molecule has 0 aromatic carbocycles. The largest absolute Gasteiger partial charge is 0.299 e. The first kappa shape index (κ1) is 7.49. The van der Waals surface area contributed by atoms with Crippen LogP contribution in [0, 0.1) is 0 Å². The van der Waals surface area contributed by atoms with Gasteiger partial charge in [-0.15, -0.1) is 0 Å². The first-order chi connectivity index (χ1) is 3.55. The first-order valence-electron chi connectivity index (χ1n) is 2.03. The number of nitrogens with zero attached hydrogens (tertiary/aromatic N) is 1. The van der Waals surface area contributed by atoms with Crippen molar-refractivity contribution >= 4 is 24.5 Å². The molecule has 0 saturated heterocycles. The van der Waals surface area contributed by atoms with Crippen molar-refractivity contribution in [3.8, 4) is 0 Å². The number of amides is 1. The lowest BCUT2D eigenvalue weighted by atomic mass is 10.4. The fourth-order valence-corrected chi connectivity index (χ4v) is 0.369. The molecule has 0 aliphatic rings. The molecular formula is C4H7NO2S. The van der Waals surface area contributed by atoms with Crippen molar-refractivity contribution in [2.75, 3.05) is 7.05 Å². The van der Waals surface area contributed by atoms with Crippen LogP contribution in [0.25, 0.3) is 0 Å². The Balaban J connectivity index is 3.84. The number of carbonyl (C=O) groups excluding carboxylic acids is 2. The van der Waals surface area contributed by atoms with Crippen LogP contribution in [0.2, 0.25) is 0 Å². The number of carbonyl (C=O) groups is 2. The molecule has 0 N–H and O–H groups in total. The van der Waals surface area contributed by atoms with Gasteiger partial charge >= 0.3 is 0 Å². The molecule has 0 aromatic rings. The predicted octanol–water partition coefficient (Wildman–Crippen LogP) is -0.121. The minimum Gasteiger partial charge on any atom is -0.289 e. The average molecular weight is 133 g/mol. The molecule has 1 amide bonds. The Morgan fingerprint density at radius 3 is 1.88 bits per heavy atom. The third-order valence-corrected chi connectivity index (χ3v) is 0.777. The van der Waals surface area contributed by atoms with E-state index < -0.39 is 11.7 Å². The summed E-state index contributed by atoms with van der Waals surface area (Å²) in [5.74, 6) is -1.09. The highest BCUT2D eigenvalue weighted by Crippen LogP contribution is 1.87. The Labute approximate surface area is 53.2 Å². The molecule has 0 heterocycles. The Bertz CT molecular complexity index is 121. The van der Waals surface area contributed by atoms with Crippen LogP contribution in [0.3, 0.4) is 0 Å². The van der Waals surface area contributed by atoms with Crippen LogP contribution in [0.5, 0.6) is 0 Å². The van der Waals surface area contributed by atoms with Crippen LogP contribution < -0.4 is 0 Å². The topological polar surface area (TPSA) is 37.4 Å². The summed E-state index contributed by atoms with van der Waals surface area (Å²) < 4.78 is 0.947. The molecule has 0 bridgehead atoms. The highest BCUT2D eigenvalue weighted by molar-refractivity contribution is 7.78. The van der Waals surface area contributed by atoms with Crippen LogP contribution in [0.4, 0.5) is 0 Å². The summed E-state index contributed by atoms with van der Waals surface area (Å²) in [7, 11) is 1.41. The maximum absolute atomic E-state index is 10.3. The summed E-state index contributed by atoms with van der Waals surface area (Å²) in [6.45, 7) is 1.20. The zero-order chi connectivity index (χ0) is 6.73. The lowest BCUT2D eigenvalue weighted by molar-refractivity contribution is -0.139. The van der Waals surface area contributed by atoms with E-state index in [1.165, 1.54) is 14.0 Å². The molecule has 0 spiro atoms. The number of rotatable bonds is 1. The Morgan fingerprint density at radius 2 is 1.88 bits per heavy atom. The number of likely N-dealkylation sites (N-methyl/N-ethyl adjacent to an activating group) is 1. The van der Waals surface area contributed by atoms with E-state index in [4.69, 9.17) is 0 Å². The smallest absolute Gasteiger partial charge is 0.289 e. The zero-order valence-corrected chi connectivity index (χ0v) is 5.61. The summed E-state index contributed by atoms with van der Waals surface area (Å²) in [5, 5.41) is 0. The Hall–Kier alpha value is -0.510. The summed E-state index contributed by atoms with van der Waals surface area (Å²) in [6.07, 6.45) is 0. The van der Waals surface area contributed by atoms with E-state index in [2.05, 4.69) is 12.8 Å². The van der Waals surface area contributed by atoms with E-state index in [0.717, 1.165) is 4.31 Å². The molecule has 0 aliphatic heterocycles. The molecule has 8 heavy (non-hydrogen) atoms. The SMILES string of the molecule is CC(=O)C(=O)N(C)S. The summed E-state index contributed by atoms with van der Waals surface area (Å²) in [6, 6.07) is 0. The number of hydrogen-bond acceptors (Lipinski definition) is 3. The van der Waals surface area contributed by atoms with Crippen molar-refractivity contribution in [2.45, 2.75) is 6.92 Å². The second kappa shape index (κ2) is 2.71. The van der Waals surface area contributed by atoms with Gasteiger partial charge in [0, 0.05) is 14.0 Å². The number of thiol groups is 1.